The average Bonchev–Trinajstić information content (AvgIpc) is 3.03. The van der Waals surface area contributed by atoms with Gasteiger partial charge in [0.15, 0.2) is 5.16 Å². The van der Waals surface area contributed by atoms with Crippen molar-refractivity contribution in [3.8, 4) is 0 Å². The summed E-state index contributed by atoms with van der Waals surface area (Å²) in [5, 5.41) is 3.98. The zero-order chi connectivity index (χ0) is 20.4. The van der Waals surface area contributed by atoms with Gasteiger partial charge >= 0.3 is 0 Å². The van der Waals surface area contributed by atoms with E-state index in [1.807, 2.05) is 45.9 Å². The molecule has 2 N–H and O–H groups in total. The Hall–Kier alpha value is -2.25. The van der Waals surface area contributed by atoms with Crippen molar-refractivity contribution in [2.45, 2.75) is 45.3 Å². The Balaban J connectivity index is 1.83. The number of nitrogens with zero attached hydrogens (tertiary/aromatic N) is 2. The molecule has 148 valence electrons. The van der Waals surface area contributed by atoms with Gasteiger partial charge in [0.25, 0.3) is 5.56 Å². The Morgan fingerprint density at radius 2 is 2.11 bits per heavy atom. The third-order valence-corrected chi connectivity index (χ3v) is 5.97. The highest BCUT2D eigenvalue weighted by Gasteiger charge is 2.18. The van der Waals surface area contributed by atoms with Crippen molar-refractivity contribution >= 4 is 46.0 Å². The van der Waals surface area contributed by atoms with Crippen LogP contribution in [0, 0.1) is 13.8 Å². The lowest BCUT2D eigenvalue weighted by Crippen LogP contribution is -2.26. The van der Waals surface area contributed by atoms with E-state index in [0.717, 1.165) is 17.7 Å². The van der Waals surface area contributed by atoms with Crippen LogP contribution >= 0.6 is 23.4 Å². The summed E-state index contributed by atoms with van der Waals surface area (Å²) in [4.78, 5) is 33.0. The second kappa shape index (κ2) is 8.41. The number of fused-ring (bicyclic) bond motifs is 1. The number of hydrogen-bond donors (Lipinski definition) is 2. The molecule has 0 saturated heterocycles. The maximum absolute atomic E-state index is 12.9. The number of H-pyrrole nitrogens is 1. The van der Waals surface area contributed by atoms with Crippen molar-refractivity contribution < 1.29 is 4.79 Å². The third kappa shape index (κ3) is 4.25. The van der Waals surface area contributed by atoms with Crippen molar-refractivity contribution in [2.75, 3.05) is 11.1 Å². The zero-order valence-electron chi connectivity index (χ0n) is 16.3. The van der Waals surface area contributed by atoms with Crippen LogP contribution < -0.4 is 10.9 Å². The molecule has 0 aliphatic rings. The van der Waals surface area contributed by atoms with Gasteiger partial charge in [0, 0.05) is 22.4 Å². The van der Waals surface area contributed by atoms with E-state index in [2.05, 4.69) is 15.3 Å². The second-order valence-corrected chi connectivity index (χ2v) is 8.19. The van der Waals surface area contributed by atoms with Crippen LogP contribution in [0.2, 0.25) is 5.02 Å². The molecule has 2 aromatic heterocycles. The molecule has 0 aliphatic heterocycles. The Morgan fingerprint density at radius 1 is 1.36 bits per heavy atom. The molecule has 2 heterocycles. The minimum atomic E-state index is -0.180. The maximum atomic E-state index is 12.9. The predicted octanol–water partition coefficient (Wildman–Crippen LogP) is 4.70. The summed E-state index contributed by atoms with van der Waals surface area (Å²) in [6.45, 7) is 7.79. The van der Waals surface area contributed by atoms with Crippen LogP contribution in [0.3, 0.4) is 0 Å². The van der Waals surface area contributed by atoms with E-state index in [9.17, 15) is 9.59 Å². The van der Waals surface area contributed by atoms with E-state index in [4.69, 9.17) is 11.6 Å². The molecule has 6 nitrogen and oxygen atoms in total. The molecule has 0 spiro atoms. The number of anilines is 1. The highest BCUT2D eigenvalue weighted by molar-refractivity contribution is 7.99. The first-order chi connectivity index (χ1) is 13.3. The summed E-state index contributed by atoms with van der Waals surface area (Å²) in [6, 6.07) is 7.22. The van der Waals surface area contributed by atoms with Crippen molar-refractivity contribution in [1.82, 2.24) is 14.5 Å². The maximum Gasteiger partial charge on any atom is 0.278 e. The van der Waals surface area contributed by atoms with Gasteiger partial charge in [0.05, 0.1) is 11.3 Å². The first-order valence-corrected chi connectivity index (χ1v) is 10.5. The van der Waals surface area contributed by atoms with E-state index in [1.165, 1.54) is 11.8 Å². The quantitative estimate of drug-likeness (QED) is 0.449. The summed E-state index contributed by atoms with van der Waals surface area (Å²) >= 11 is 7.37. The number of rotatable bonds is 6. The van der Waals surface area contributed by atoms with Crippen LogP contribution in [0.1, 0.15) is 37.6 Å². The molecule has 0 bridgehead atoms. The molecule has 0 saturated carbocycles. The molecule has 1 atom stereocenters. The number of aromatic nitrogens is 3. The number of amides is 1. The number of nitrogens with one attached hydrogen (secondary N) is 2. The Bertz CT molecular complexity index is 1090. The highest BCUT2D eigenvalue weighted by atomic mass is 35.5. The molecule has 1 amide bonds. The van der Waals surface area contributed by atoms with Crippen LogP contribution in [0.4, 0.5) is 5.69 Å². The third-order valence-electron chi connectivity index (χ3n) is 4.61. The monoisotopic (exact) mass is 418 g/mol. The lowest BCUT2D eigenvalue weighted by molar-refractivity contribution is -0.113. The average molecular weight is 419 g/mol. The number of aromatic amines is 1. The zero-order valence-corrected chi connectivity index (χ0v) is 17.9. The number of halogens is 1. The van der Waals surface area contributed by atoms with E-state index in [1.54, 1.807) is 10.6 Å². The fraction of sp³-hybridized carbons (Fsp3) is 0.350. The van der Waals surface area contributed by atoms with Gasteiger partial charge in [-0.2, -0.15) is 0 Å². The summed E-state index contributed by atoms with van der Waals surface area (Å²) < 4.78 is 1.67. The molecule has 8 heteroatoms. The highest BCUT2D eigenvalue weighted by Crippen LogP contribution is 2.24. The van der Waals surface area contributed by atoms with Gasteiger partial charge in [0.2, 0.25) is 5.91 Å². The van der Waals surface area contributed by atoms with Crippen LogP contribution in [-0.2, 0) is 4.79 Å². The Kier molecular flexibility index (Phi) is 6.15. The van der Waals surface area contributed by atoms with Crippen molar-refractivity contribution in [2.24, 2.45) is 0 Å². The standard InChI is InChI=1S/C20H23ClN4O2S/c1-5-13(4)25-19(27)18-16(8-12(3)22-18)24-20(25)28-10-17(26)23-14-7-6-11(2)15(21)9-14/h6-9,13,22H,5,10H2,1-4H3,(H,23,26)/t13-/m0/s1. The SMILES string of the molecule is CC[C@H](C)n1c(SCC(=O)Nc2ccc(C)c(Cl)c2)nc2cc(C)[nH]c2c1=O. The van der Waals surface area contributed by atoms with E-state index < -0.39 is 0 Å². The fourth-order valence-electron chi connectivity index (χ4n) is 2.86. The number of hydrogen-bond acceptors (Lipinski definition) is 4. The Labute approximate surface area is 172 Å². The van der Waals surface area contributed by atoms with Gasteiger partial charge in [0.1, 0.15) is 5.52 Å². The first kappa shape index (κ1) is 20.5. The predicted molar refractivity (Wildman–Crippen MR) is 116 cm³/mol. The second-order valence-electron chi connectivity index (χ2n) is 6.84. The molecule has 0 unspecified atom stereocenters. The summed E-state index contributed by atoms with van der Waals surface area (Å²) in [5.74, 6) is -0.0382. The minimum absolute atomic E-state index is 0.0190. The van der Waals surface area contributed by atoms with Gasteiger partial charge in [-0.1, -0.05) is 36.4 Å². The molecule has 0 aliphatic carbocycles. The smallest absolute Gasteiger partial charge is 0.278 e. The lowest BCUT2D eigenvalue weighted by atomic mass is 10.2. The summed E-state index contributed by atoms with van der Waals surface area (Å²) in [5.41, 5.74) is 3.49. The van der Waals surface area contributed by atoms with Crippen LogP contribution in [0.15, 0.2) is 34.2 Å². The van der Waals surface area contributed by atoms with Crippen LogP contribution in [0.5, 0.6) is 0 Å². The summed E-state index contributed by atoms with van der Waals surface area (Å²) in [6.07, 6.45) is 0.786. The van der Waals surface area contributed by atoms with Crippen molar-refractivity contribution in [3.05, 3.63) is 50.9 Å². The molecule has 28 heavy (non-hydrogen) atoms. The normalized spacial score (nSPS) is 12.3. The molecule has 3 rings (SSSR count). The molecule has 3 aromatic rings. The van der Waals surface area contributed by atoms with Gasteiger partial charge in [-0.05, 0) is 51.0 Å². The molecule has 0 radical (unpaired) electrons. The van der Waals surface area contributed by atoms with Crippen LogP contribution in [-0.4, -0.2) is 26.2 Å². The molecular weight excluding hydrogens is 396 g/mol. The first-order valence-electron chi connectivity index (χ1n) is 9.10. The molecular formula is C20H23ClN4O2S. The fourth-order valence-corrected chi connectivity index (χ4v) is 3.94. The number of carbonyl (C=O) groups excluding carboxylic acids is 1. The van der Waals surface area contributed by atoms with Gasteiger partial charge in [-0.25, -0.2) is 4.98 Å². The molecule has 1 aromatic carbocycles. The Morgan fingerprint density at radius 3 is 2.79 bits per heavy atom. The van der Waals surface area contributed by atoms with Crippen molar-refractivity contribution in [3.63, 3.8) is 0 Å². The van der Waals surface area contributed by atoms with E-state index in [-0.39, 0.29) is 23.3 Å². The van der Waals surface area contributed by atoms with Crippen LogP contribution in [0.25, 0.3) is 11.0 Å². The van der Waals surface area contributed by atoms with Gasteiger partial charge < -0.3 is 10.3 Å². The minimum Gasteiger partial charge on any atom is -0.353 e. The van der Waals surface area contributed by atoms with Gasteiger partial charge in [-0.15, -0.1) is 0 Å². The molecule has 0 fully saturated rings. The lowest BCUT2D eigenvalue weighted by Gasteiger charge is -2.17. The van der Waals surface area contributed by atoms with E-state index in [0.29, 0.717) is 26.9 Å². The number of benzene rings is 1. The number of aryl methyl sites for hydroxylation is 2. The largest absolute Gasteiger partial charge is 0.353 e. The summed E-state index contributed by atoms with van der Waals surface area (Å²) in [7, 11) is 0. The van der Waals surface area contributed by atoms with Gasteiger partial charge in [-0.3, -0.25) is 14.2 Å². The van der Waals surface area contributed by atoms with E-state index >= 15 is 0 Å². The topological polar surface area (TPSA) is 79.8 Å². The number of carbonyl (C=O) groups is 1. The number of thioether (sulfide) groups is 1. The van der Waals surface area contributed by atoms with Crippen molar-refractivity contribution in [1.29, 1.82) is 0 Å².